The van der Waals surface area contributed by atoms with Crippen molar-refractivity contribution in [1.29, 1.82) is 0 Å². The molecule has 1 N–H and O–H groups in total. The summed E-state index contributed by atoms with van der Waals surface area (Å²) in [7, 11) is 3.30. The van der Waals surface area contributed by atoms with E-state index in [1.807, 2.05) is 12.1 Å². The van der Waals surface area contributed by atoms with E-state index < -0.39 is 0 Å². The van der Waals surface area contributed by atoms with Gasteiger partial charge in [-0.2, -0.15) is 0 Å². The molecule has 4 rings (SSSR count). The van der Waals surface area contributed by atoms with Gasteiger partial charge in [-0.3, -0.25) is 20.3 Å². The average molecular weight is 355 g/mol. The minimum atomic E-state index is -0.370. The van der Waals surface area contributed by atoms with Crippen molar-refractivity contribution in [2.75, 3.05) is 27.3 Å². The summed E-state index contributed by atoms with van der Waals surface area (Å²) in [6.45, 7) is 1.74. The zero-order valence-electron chi connectivity index (χ0n) is 14.8. The first-order valence-electron chi connectivity index (χ1n) is 8.60. The lowest BCUT2D eigenvalue weighted by molar-refractivity contribution is -0.384. The molecular formula is C19H21N3O4. The minimum absolute atomic E-state index is 0.0575. The molecule has 1 saturated heterocycles. The number of ether oxygens (including phenoxy) is 2. The Hall–Kier alpha value is -2.64. The zero-order chi connectivity index (χ0) is 18.3. The van der Waals surface area contributed by atoms with Gasteiger partial charge in [0.05, 0.1) is 25.3 Å². The highest BCUT2D eigenvalue weighted by atomic mass is 16.6. The fourth-order valence-corrected chi connectivity index (χ4v) is 4.01. The van der Waals surface area contributed by atoms with Crippen LogP contribution < -0.4 is 14.8 Å². The highest BCUT2D eigenvalue weighted by molar-refractivity contribution is 5.50. The lowest BCUT2D eigenvalue weighted by Gasteiger charge is -2.35. The van der Waals surface area contributed by atoms with Gasteiger partial charge < -0.3 is 9.47 Å². The number of nitrogens with one attached hydrogen (secondary N) is 1. The van der Waals surface area contributed by atoms with E-state index in [4.69, 9.17) is 9.47 Å². The molecule has 2 aromatic rings. The van der Waals surface area contributed by atoms with Crippen molar-refractivity contribution in [2.45, 2.75) is 18.6 Å². The highest BCUT2D eigenvalue weighted by Crippen LogP contribution is 2.43. The van der Waals surface area contributed by atoms with Crippen LogP contribution in [-0.2, 0) is 6.42 Å². The monoisotopic (exact) mass is 355 g/mol. The molecule has 0 aliphatic carbocycles. The van der Waals surface area contributed by atoms with Gasteiger partial charge in [0.2, 0.25) is 0 Å². The first kappa shape index (κ1) is 16.8. The Bertz CT molecular complexity index is 837. The second kappa shape index (κ2) is 6.59. The van der Waals surface area contributed by atoms with Gasteiger partial charge in [-0.1, -0.05) is 0 Å². The Morgan fingerprint density at radius 1 is 1.15 bits per heavy atom. The van der Waals surface area contributed by atoms with Gasteiger partial charge in [-0.15, -0.1) is 0 Å². The molecular weight excluding hydrogens is 334 g/mol. The molecule has 2 aliphatic heterocycles. The number of nitro benzene ring substituents is 1. The van der Waals surface area contributed by atoms with Crippen LogP contribution in [0.2, 0.25) is 0 Å². The Morgan fingerprint density at radius 2 is 1.85 bits per heavy atom. The molecule has 2 aliphatic rings. The van der Waals surface area contributed by atoms with Crippen molar-refractivity contribution in [3.8, 4) is 11.5 Å². The smallest absolute Gasteiger partial charge is 0.269 e. The SMILES string of the molecule is COc1cc2c(cc1OC)[C@H]1CN[C@@H](c3ccc([N+](=O)[O-])cc3)N1CC2. The number of nitro groups is 1. The lowest BCUT2D eigenvalue weighted by atomic mass is 9.92. The maximum atomic E-state index is 10.9. The number of benzene rings is 2. The summed E-state index contributed by atoms with van der Waals surface area (Å²) in [4.78, 5) is 12.9. The quantitative estimate of drug-likeness (QED) is 0.671. The Labute approximate surface area is 151 Å². The van der Waals surface area contributed by atoms with Crippen LogP contribution in [0.3, 0.4) is 0 Å². The molecule has 1 fully saturated rings. The molecule has 136 valence electrons. The summed E-state index contributed by atoms with van der Waals surface area (Å²) in [5.41, 5.74) is 3.70. The van der Waals surface area contributed by atoms with E-state index in [1.165, 1.54) is 11.1 Å². The van der Waals surface area contributed by atoms with Crippen molar-refractivity contribution in [3.63, 3.8) is 0 Å². The van der Waals surface area contributed by atoms with Gasteiger partial charge in [0.15, 0.2) is 11.5 Å². The summed E-state index contributed by atoms with van der Waals surface area (Å²) in [6, 6.07) is 11.2. The number of hydrogen-bond donors (Lipinski definition) is 1. The Kier molecular flexibility index (Phi) is 4.26. The maximum Gasteiger partial charge on any atom is 0.269 e. The van der Waals surface area contributed by atoms with E-state index in [9.17, 15) is 10.1 Å². The molecule has 0 spiro atoms. The minimum Gasteiger partial charge on any atom is -0.493 e. The largest absolute Gasteiger partial charge is 0.493 e. The van der Waals surface area contributed by atoms with E-state index >= 15 is 0 Å². The van der Waals surface area contributed by atoms with Gasteiger partial charge in [0.25, 0.3) is 5.69 Å². The molecule has 2 atom stereocenters. The maximum absolute atomic E-state index is 10.9. The normalized spacial score (nSPS) is 21.8. The van der Waals surface area contributed by atoms with Crippen molar-refractivity contribution in [1.82, 2.24) is 10.2 Å². The second-order valence-corrected chi connectivity index (χ2v) is 6.57. The van der Waals surface area contributed by atoms with Crippen LogP contribution >= 0.6 is 0 Å². The predicted octanol–water partition coefficient (Wildman–Crippen LogP) is 2.81. The number of hydrogen-bond acceptors (Lipinski definition) is 6. The number of non-ortho nitro benzene ring substituents is 1. The first-order valence-corrected chi connectivity index (χ1v) is 8.60. The summed E-state index contributed by atoms with van der Waals surface area (Å²) < 4.78 is 10.9. The van der Waals surface area contributed by atoms with E-state index in [2.05, 4.69) is 22.3 Å². The van der Waals surface area contributed by atoms with Gasteiger partial charge in [-0.05, 0) is 47.4 Å². The third-order valence-corrected chi connectivity index (χ3v) is 5.30. The number of fused-ring (bicyclic) bond motifs is 3. The summed E-state index contributed by atoms with van der Waals surface area (Å²) in [5.74, 6) is 1.50. The van der Waals surface area contributed by atoms with Crippen molar-refractivity contribution >= 4 is 5.69 Å². The summed E-state index contributed by atoms with van der Waals surface area (Å²) in [5, 5.41) is 14.4. The molecule has 7 nitrogen and oxygen atoms in total. The zero-order valence-corrected chi connectivity index (χ0v) is 14.8. The standard InChI is InChI=1S/C19H21N3O4/c1-25-17-9-13-7-8-21-16(15(13)10-18(17)26-2)11-20-19(21)12-3-5-14(6-4-12)22(23)24/h3-6,9-10,16,19-20H,7-8,11H2,1-2H3/t16-,19-/m1/s1. The molecule has 0 unspecified atom stereocenters. The average Bonchev–Trinajstić information content (AvgIpc) is 3.11. The van der Waals surface area contributed by atoms with E-state index in [0.29, 0.717) is 0 Å². The van der Waals surface area contributed by atoms with Crippen molar-refractivity contribution in [2.24, 2.45) is 0 Å². The molecule has 7 heteroatoms. The summed E-state index contributed by atoms with van der Waals surface area (Å²) >= 11 is 0. The number of nitrogens with zero attached hydrogens (tertiary/aromatic N) is 2. The van der Waals surface area contributed by atoms with Gasteiger partial charge in [0, 0.05) is 31.3 Å². The van der Waals surface area contributed by atoms with E-state index in [0.717, 1.165) is 36.6 Å². The first-order chi connectivity index (χ1) is 12.6. The van der Waals surface area contributed by atoms with Gasteiger partial charge in [-0.25, -0.2) is 0 Å². The van der Waals surface area contributed by atoms with Gasteiger partial charge >= 0.3 is 0 Å². The predicted molar refractivity (Wildman–Crippen MR) is 96.5 cm³/mol. The third-order valence-electron chi connectivity index (χ3n) is 5.30. The van der Waals surface area contributed by atoms with Crippen molar-refractivity contribution < 1.29 is 14.4 Å². The van der Waals surface area contributed by atoms with Crippen LogP contribution in [0.1, 0.15) is 28.9 Å². The fourth-order valence-electron chi connectivity index (χ4n) is 4.01. The van der Waals surface area contributed by atoms with E-state index in [-0.39, 0.29) is 22.8 Å². The lowest BCUT2D eigenvalue weighted by Crippen LogP contribution is -2.34. The van der Waals surface area contributed by atoms with Crippen molar-refractivity contribution in [3.05, 3.63) is 63.2 Å². The molecule has 26 heavy (non-hydrogen) atoms. The van der Waals surface area contributed by atoms with Crippen LogP contribution in [0.5, 0.6) is 11.5 Å². The molecule has 2 aromatic carbocycles. The number of methoxy groups -OCH3 is 2. The Balaban J connectivity index is 1.64. The van der Waals surface area contributed by atoms with Crippen LogP contribution in [0.15, 0.2) is 36.4 Å². The van der Waals surface area contributed by atoms with E-state index in [1.54, 1.807) is 26.4 Å². The molecule has 0 radical (unpaired) electrons. The molecule has 0 bridgehead atoms. The topological polar surface area (TPSA) is 76.9 Å². The molecule has 0 aromatic heterocycles. The molecule has 2 heterocycles. The van der Waals surface area contributed by atoms with Gasteiger partial charge in [0.1, 0.15) is 0 Å². The second-order valence-electron chi connectivity index (χ2n) is 6.57. The van der Waals surface area contributed by atoms with Crippen LogP contribution in [0, 0.1) is 10.1 Å². The third kappa shape index (κ3) is 2.69. The Morgan fingerprint density at radius 3 is 2.50 bits per heavy atom. The molecule has 0 amide bonds. The van der Waals surface area contributed by atoms with Crippen LogP contribution in [-0.4, -0.2) is 37.1 Å². The fraction of sp³-hybridized carbons (Fsp3) is 0.368. The van der Waals surface area contributed by atoms with Crippen LogP contribution in [0.4, 0.5) is 5.69 Å². The summed E-state index contributed by atoms with van der Waals surface area (Å²) in [6.07, 6.45) is 0.985. The number of rotatable bonds is 4. The molecule has 0 saturated carbocycles. The highest BCUT2D eigenvalue weighted by Gasteiger charge is 2.39. The van der Waals surface area contributed by atoms with Crippen LogP contribution in [0.25, 0.3) is 0 Å².